The Labute approximate surface area is 158 Å². The summed E-state index contributed by atoms with van der Waals surface area (Å²) in [5.74, 6) is 1.73. The van der Waals surface area contributed by atoms with Gasteiger partial charge < -0.3 is 24.7 Å². The zero-order valence-corrected chi connectivity index (χ0v) is 15.9. The SMILES string of the molecule is CCO[C@@H]1CN(C)C[C@H]1NC(=O)Nc1ccc(SCc2ccco2)cc1. The van der Waals surface area contributed by atoms with Gasteiger partial charge in [-0.1, -0.05) is 0 Å². The zero-order chi connectivity index (χ0) is 18.4. The summed E-state index contributed by atoms with van der Waals surface area (Å²) in [6.45, 7) is 4.25. The van der Waals surface area contributed by atoms with E-state index >= 15 is 0 Å². The van der Waals surface area contributed by atoms with Crippen LogP contribution in [0.25, 0.3) is 0 Å². The molecule has 1 aromatic heterocycles. The van der Waals surface area contributed by atoms with E-state index < -0.39 is 0 Å². The number of rotatable bonds is 7. The van der Waals surface area contributed by atoms with Gasteiger partial charge in [0.2, 0.25) is 0 Å². The summed E-state index contributed by atoms with van der Waals surface area (Å²) in [6, 6.07) is 11.5. The summed E-state index contributed by atoms with van der Waals surface area (Å²) < 4.78 is 11.0. The molecule has 0 bridgehead atoms. The molecule has 26 heavy (non-hydrogen) atoms. The van der Waals surface area contributed by atoms with Crippen LogP contribution in [0.4, 0.5) is 10.5 Å². The number of urea groups is 1. The van der Waals surface area contributed by atoms with Crippen molar-refractivity contribution in [2.45, 2.75) is 29.7 Å². The van der Waals surface area contributed by atoms with Crippen LogP contribution in [-0.2, 0) is 10.5 Å². The molecular weight excluding hydrogens is 350 g/mol. The van der Waals surface area contributed by atoms with Crippen LogP contribution in [-0.4, -0.2) is 49.8 Å². The molecule has 7 heteroatoms. The Balaban J connectivity index is 1.48. The molecule has 1 fully saturated rings. The van der Waals surface area contributed by atoms with Crippen molar-refractivity contribution >= 4 is 23.5 Å². The summed E-state index contributed by atoms with van der Waals surface area (Å²) in [5, 5.41) is 5.91. The molecule has 0 radical (unpaired) electrons. The van der Waals surface area contributed by atoms with Crippen LogP contribution in [0.2, 0.25) is 0 Å². The standard InChI is InChI=1S/C19H25N3O3S/c1-3-24-18-12-22(2)11-17(18)21-19(23)20-14-6-8-16(9-7-14)26-13-15-5-4-10-25-15/h4-10,17-18H,3,11-13H2,1-2H3,(H2,20,21,23)/t17-,18-/m1/s1. The lowest BCUT2D eigenvalue weighted by Crippen LogP contribution is -2.45. The van der Waals surface area contributed by atoms with E-state index in [4.69, 9.17) is 9.15 Å². The lowest BCUT2D eigenvalue weighted by atomic mass is 10.2. The number of likely N-dealkylation sites (tertiary alicyclic amines) is 1. The second kappa shape index (κ2) is 9.12. The van der Waals surface area contributed by atoms with Crippen LogP contribution < -0.4 is 10.6 Å². The van der Waals surface area contributed by atoms with E-state index in [2.05, 4.69) is 15.5 Å². The van der Waals surface area contributed by atoms with Crippen molar-refractivity contribution in [1.29, 1.82) is 0 Å². The van der Waals surface area contributed by atoms with Crippen molar-refractivity contribution in [3.63, 3.8) is 0 Å². The number of anilines is 1. The molecule has 1 aromatic carbocycles. The van der Waals surface area contributed by atoms with E-state index in [0.29, 0.717) is 6.61 Å². The normalized spacial score (nSPS) is 20.2. The maximum Gasteiger partial charge on any atom is 0.319 e. The number of thioether (sulfide) groups is 1. The van der Waals surface area contributed by atoms with E-state index in [1.165, 1.54) is 0 Å². The molecule has 1 aliphatic heterocycles. The van der Waals surface area contributed by atoms with Gasteiger partial charge in [-0.15, -0.1) is 11.8 Å². The summed E-state index contributed by atoms with van der Waals surface area (Å²) in [5.41, 5.74) is 0.768. The van der Waals surface area contributed by atoms with Crippen molar-refractivity contribution in [2.24, 2.45) is 0 Å². The molecule has 2 N–H and O–H groups in total. The Bertz CT molecular complexity index is 691. The third-order valence-corrected chi connectivity index (χ3v) is 5.25. The molecular formula is C19H25N3O3S. The van der Waals surface area contributed by atoms with Crippen LogP contribution in [0, 0.1) is 0 Å². The van der Waals surface area contributed by atoms with Gasteiger partial charge in [0, 0.05) is 30.3 Å². The van der Waals surface area contributed by atoms with Crippen LogP contribution in [0.1, 0.15) is 12.7 Å². The van der Waals surface area contributed by atoms with Crippen molar-refractivity contribution in [2.75, 3.05) is 32.1 Å². The van der Waals surface area contributed by atoms with Crippen LogP contribution in [0.3, 0.4) is 0 Å². The minimum atomic E-state index is -0.203. The van der Waals surface area contributed by atoms with E-state index in [9.17, 15) is 4.79 Å². The maximum atomic E-state index is 12.3. The third-order valence-electron chi connectivity index (χ3n) is 4.22. The predicted octanol–water partition coefficient (Wildman–Crippen LogP) is 3.41. The lowest BCUT2D eigenvalue weighted by molar-refractivity contribution is 0.0568. The second-order valence-corrected chi connectivity index (χ2v) is 7.36. The molecule has 6 nitrogen and oxygen atoms in total. The van der Waals surface area contributed by atoms with E-state index in [0.717, 1.165) is 35.2 Å². The molecule has 1 aliphatic rings. The average molecular weight is 375 g/mol. The molecule has 2 atom stereocenters. The molecule has 2 aromatic rings. The van der Waals surface area contributed by atoms with Crippen molar-refractivity contribution < 1.29 is 13.9 Å². The highest BCUT2D eigenvalue weighted by Gasteiger charge is 2.32. The fourth-order valence-electron chi connectivity index (χ4n) is 3.00. The highest BCUT2D eigenvalue weighted by molar-refractivity contribution is 7.98. The summed E-state index contributed by atoms with van der Waals surface area (Å²) >= 11 is 1.69. The smallest absolute Gasteiger partial charge is 0.319 e. The molecule has 0 spiro atoms. The number of nitrogens with one attached hydrogen (secondary N) is 2. The molecule has 1 saturated heterocycles. The number of amides is 2. The quantitative estimate of drug-likeness (QED) is 0.726. The first kappa shape index (κ1) is 18.8. The number of carbonyl (C=O) groups is 1. The minimum absolute atomic E-state index is 0.00285. The van der Waals surface area contributed by atoms with E-state index in [1.54, 1.807) is 18.0 Å². The number of hydrogen-bond donors (Lipinski definition) is 2. The van der Waals surface area contributed by atoms with Crippen LogP contribution in [0.5, 0.6) is 0 Å². The lowest BCUT2D eigenvalue weighted by Gasteiger charge is -2.20. The van der Waals surface area contributed by atoms with Gasteiger partial charge >= 0.3 is 6.03 Å². The summed E-state index contributed by atoms with van der Waals surface area (Å²) in [4.78, 5) is 15.6. The van der Waals surface area contributed by atoms with E-state index in [-0.39, 0.29) is 18.2 Å². The van der Waals surface area contributed by atoms with E-state index in [1.807, 2.05) is 50.4 Å². The third kappa shape index (κ3) is 5.27. The Hall–Kier alpha value is -1.96. The van der Waals surface area contributed by atoms with Crippen LogP contribution >= 0.6 is 11.8 Å². The highest BCUT2D eigenvalue weighted by atomic mass is 32.2. The largest absolute Gasteiger partial charge is 0.468 e. The van der Waals surface area contributed by atoms with Gasteiger partial charge in [0.25, 0.3) is 0 Å². The number of ether oxygens (including phenoxy) is 1. The first-order valence-electron chi connectivity index (χ1n) is 8.77. The van der Waals surface area contributed by atoms with Gasteiger partial charge in [-0.05, 0) is 50.4 Å². The number of likely N-dealkylation sites (N-methyl/N-ethyl adjacent to an activating group) is 1. The van der Waals surface area contributed by atoms with Gasteiger partial charge in [0.1, 0.15) is 5.76 Å². The molecule has 3 rings (SSSR count). The minimum Gasteiger partial charge on any atom is -0.468 e. The Morgan fingerprint density at radius 3 is 2.81 bits per heavy atom. The summed E-state index contributed by atoms with van der Waals surface area (Å²) in [6.07, 6.45) is 1.72. The van der Waals surface area contributed by atoms with Crippen LogP contribution in [0.15, 0.2) is 52.0 Å². The monoisotopic (exact) mass is 375 g/mol. The average Bonchev–Trinajstić information content (AvgIpc) is 3.25. The molecule has 0 aliphatic carbocycles. The highest BCUT2D eigenvalue weighted by Crippen LogP contribution is 2.24. The molecule has 0 saturated carbocycles. The van der Waals surface area contributed by atoms with Gasteiger partial charge in [0.05, 0.1) is 24.2 Å². The van der Waals surface area contributed by atoms with Gasteiger partial charge in [0.15, 0.2) is 0 Å². The van der Waals surface area contributed by atoms with Crippen molar-refractivity contribution in [1.82, 2.24) is 10.2 Å². The maximum absolute atomic E-state index is 12.3. The molecule has 2 amide bonds. The summed E-state index contributed by atoms with van der Waals surface area (Å²) in [7, 11) is 2.03. The van der Waals surface area contributed by atoms with Crippen molar-refractivity contribution in [3.05, 3.63) is 48.4 Å². The topological polar surface area (TPSA) is 66.7 Å². The number of nitrogens with zero attached hydrogens (tertiary/aromatic N) is 1. The van der Waals surface area contributed by atoms with Gasteiger partial charge in [-0.2, -0.15) is 0 Å². The Kier molecular flexibility index (Phi) is 6.60. The number of carbonyl (C=O) groups excluding carboxylic acids is 1. The Morgan fingerprint density at radius 2 is 2.12 bits per heavy atom. The molecule has 2 heterocycles. The number of benzene rings is 1. The van der Waals surface area contributed by atoms with Gasteiger partial charge in [-0.25, -0.2) is 4.79 Å². The Morgan fingerprint density at radius 1 is 1.31 bits per heavy atom. The molecule has 140 valence electrons. The first-order chi connectivity index (χ1) is 12.6. The zero-order valence-electron chi connectivity index (χ0n) is 15.1. The first-order valence-corrected chi connectivity index (χ1v) is 9.75. The van der Waals surface area contributed by atoms with Gasteiger partial charge in [-0.3, -0.25) is 0 Å². The second-order valence-electron chi connectivity index (χ2n) is 6.31. The molecule has 0 unspecified atom stereocenters. The number of furan rings is 1. The fourth-order valence-corrected chi connectivity index (χ4v) is 3.80. The van der Waals surface area contributed by atoms with Crippen molar-refractivity contribution in [3.8, 4) is 0 Å². The number of hydrogen-bond acceptors (Lipinski definition) is 5. The predicted molar refractivity (Wildman–Crippen MR) is 104 cm³/mol. The fraction of sp³-hybridized carbons (Fsp3) is 0.421.